The van der Waals surface area contributed by atoms with Gasteiger partial charge in [-0.1, -0.05) is 72.9 Å². The minimum Gasteiger partial charge on any atom is -0.489 e. The van der Waals surface area contributed by atoms with E-state index >= 15 is 0 Å². The van der Waals surface area contributed by atoms with Gasteiger partial charge in [-0.3, -0.25) is 9.59 Å². The number of hydrogen-bond acceptors (Lipinski definition) is 4. The van der Waals surface area contributed by atoms with Crippen molar-refractivity contribution in [2.75, 3.05) is 0 Å². The third-order valence-corrected chi connectivity index (χ3v) is 7.82. The Labute approximate surface area is 269 Å². The number of unbranched alkanes of at least 4 members (excludes halogenated alkanes) is 2. The highest BCUT2D eigenvalue weighted by Crippen LogP contribution is 2.32. The number of amides is 1. The van der Waals surface area contributed by atoms with Crippen LogP contribution < -0.4 is 10.1 Å². The summed E-state index contributed by atoms with van der Waals surface area (Å²) in [5.41, 5.74) is 4.18. The summed E-state index contributed by atoms with van der Waals surface area (Å²) in [6.07, 6.45) is 11.4. The van der Waals surface area contributed by atoms with Crippen molar-refractivity contribution in [1.29, 1.82) is 0 Å². The molecule has 8 heteroatoms. The summed E-state index contributed by atoms with van der Waals surface area (Å²) in [5.74, 6) is 4.05. The summed E-state index contributed by atoms with van der Waals surface area (Å²) in [5, 5.41) is 4.29. The zero-order chi connectivity index (χ0) is 31.5. The average molecular weight is 631 g/mol. The van der Waals surface area contributed by atoms with E-state index in [1.165, 1.54) is 0 Å². The lowest BCUT2D eigenvalue weighted by molar-refractivity contribution is -0.122. The number of hydrogen-bond donors (Lipinski definition) is 1. The molecule has 0 aliphatic rings. The molecule has 0 unspecified atom stereocenters. The number of nitrogens with zero attached hydrogens (tertiary/aromatic N) is 2. The van der Waals surface area contributed by atoms with Crippen molar-refractivity contribution in [3.63, 3.8) is 0 Å². The van der Waals surface area contributed by atoms with E-state index in [-0.39, 0.29) is 17.7 Å². The van der Waals surface area contributed by atoms with Crippen LogP contribution in [0.2, 0.25) is 10.0 Å². The molecule has 0 fully saturated rings. The number of aryl methyl sites for hydroxylation is 1. The Balaban J connectivity index is 1.56. The zero-order valence-electron chi connectivity index (χ0n) is 25.1. The van der Waals surface area contributed by atoms with Crippen LogP contribution >= 0.6 is 23.2 Å². The number of imidazole rings is 1. The molecule has 6 nitrogen and oxygen atoms in total. The largest absolute Gasteiger partial charge is 0.489 e. The third kappa shape index (κ3) is 9.22. The standard InChI is InChI=1S/C36H37Cl2N3O3/c1-4-6-8-9-35(43)39-33(36-40-34(23-41(36)20-7-5-2)31-19-16-29(37)22-32(31)38)21-26-12-17-30(18-13-26)44-24-27-10-14-28(15-11-27)25(3)42/h1,10-19,22-23,33H,5-9,20-21,24H2,2-3H3,(H,39,43)/t33-/m0/s1. The van der Waals surface area contributed by atoms with E-state index in [0.29, 0.717) is 47.9 Å². The van der Waals surface area contributed by atoms with E-state index in [1.54, 1.807) is 19.1 Å². The molecule has 0 spiro atoms. The van der Waals surface area contributed by atoms with Gasteiger partial charge in [-0.25, -0.2) is 4.98 Å². The molecule has 0 saturated carbocycles. The topological polar surface area (TPSA) is 73.2 Å². The highest BCUT2D eigenvalue weighted by atomic mass is 35.5. The molecule has 1 N–H and O–H groups in total. The maximum Gasteiger partial charge on any atom is 0.220 e. The van der Waals surface area contributed by atoms with E-state index in [1.807, 2.05) is 60.8 Å². The molecule has 4 rings (SSSR count). The van der Waals surface area contributed by atoms with Gasteiger partial charge < -0.3 is 14.6 Å². The fourth-order valence-corrected chi connectivity index (χ4v) is 5.33. The van der Waals surface area contributed by atoms with Crippen LogP contribution in [0.3, 0.4) is 0 Å². The van der Waals surface area contributed by atoms with Crippen LogP contribution in [0.4, 0.5) is 0 Å². The van der Waals surface area contributed by atoms with Crippen molar-refractivity contribution in [2.24, 2.45) is 0 Å². The normalized spacial score (nSPS) is 11.5. The number of carbonyl (C=O) groups is 2. The van der Waals surface area contributed by atoms with Crippen molar-refractivity contribution in [2.45, 2.75) is 71.6 Å². The second-order valence-electron chi connectivity index (χ2n) is 10.7. The molecule has 1 aromatic heterocycles. The first kappa shape index (κ1) is 32.9. The van der Waals surface area contributed by atoms with E-state index in [2.05, 4.69) is 22.7 Å². The summed E-state index contributed by atoms with van der Waals surface area (Å²) in [6.45, 7) is 4.84. The quantitative estimate of drug-likeness (QED) is 0.0811. The predicted octanol–water partition coefficient (Wildman–Crippen LogP) is 8.64. The van der Waals surface area contributed by atoms with Crippen LogP contribution in [0.15, 0.2) is 72.9 Å². The van der Waals surface area contributed by atoms with E-state index in [4.69, 9.17) is 39.3 Å². The van der Waals surface area contributed by atoms with E-state index < -0.39 is 0 Å². The summed E-state index contributed by atoms with van der Waals surface area (Å²) < 4.78 is 8.10. The zero-order valence-corrected chi connectivity index (χ0v) is 26.6. The highest BCUT2D eigenvalue weighted by Gasteiger charge is 2.23. The second kappa shape index (κ2) is 16.1. The minimum atomic E-state index is -0.378. The van der Waals surface area contributed by atoms with Gasteiger partial charge in [-0.05, 0) is 67.6 Å². The molecule has 3 aromatic carbocycles. The third-order valence-electron chi connectivity index (χ3n) is 7.27. The Kier molecular flexibility index (Phi) is 12.1. The Hall–Kier alpha value is -4.05. The van der Waals surface area contributed by atoms with E-state index in [0.717, 1.165) is 53.3 Å². The lowest BCUT2D eigenvalue weighted by Crippen LogP contribution is -2.32. The van der Waals surface area contributed by atoms with Crippen LogP contribution in [0.25, 0.3) is 11.3 Å². The van der Waals surface area contributed by atoms with Gasteiger partial charge in [-0.15, -0.1) is 12.3 Å². The molecule has 0 bridgehead atoms. The number of rotatable bonds is 15. The number of Topliss-reactive ketones (excluding diaryl/α,β-unsaturated/α-hetero) is 1. The molecule has 1 heterocycles. The lowest BCUT2D eigenvalue weighted by atomic mass is 10.0. The lowest BCUT2D eigenvalue weighted by Gasteiger charge is -2.20. The van der Waals surface area contributed by atoms with Crippen molar-refractivity contribution in [1.82, 2.24) is 14.9 Å². The number of ketones is 1. The summed E-state index contributed by atoms with van der Waals surface area (Å²) in [7, 11) is 0. The number of nitrogens with one attached hydrogen (secondary N) is 1. The maximum absolute atomic E-state index is 13.0. The Morgan fingerprint density at radius 3 is 2.41 bits per heavy atom. The molecule has 0 saturated heterocycles. The monoisotopic (exact) mass is 629 g/mol. The molecule has 0 radical (unpaired) electrons. The first-order chi connectivity index (χ1) is 21.3. The Bertz CT molecular complexity index is 1610. The smallest absolute Gasteiger partial charge is 0.220 e. The summed E-state index contributed by atoms with van der Waals surface area (Å²) >= 11 is 12.7. The van der Waals surface area contributed by atoms with Crippen LogP contribution in [0, 0.1) is 12.3 Å². The van der Waals surface area contributed by atoms with Crippen LogP contribution in [0.5, 0.6) is 5.75 Å². The van der Waals surface area contributed by atoms with Crippen molar-refractivity contribution >= 4 is 34.9 Å². The fraction of sp³-hybridized carbons (Fsp3) is 0.306. The minimum absolute atomic E-state index is 0.0351. The maximum atomic E-state index is 13.0. The number of terminal acetylenes is 1. The van der Waals surface area contributed by atoms with Crippen molar-refractivity contribution < 1.29 is 14.3 Å². The van der Waals surface area contributed by atoms with Gasteiger partial charge in [0.2, 0.25) is 5.91 Å². The summed E-state index contributed by atoms with van der Waals surface area (Å²) in [4.78, 5) is 29.6. The first-order valence-electron chi connectivity index (χ1n) is 14.8. The fourth-order valence-electron chi connectivity index (χ4n) is 4.83. The summed E-state index contributed by atoms with van der Waals surface area (Å²) in [6, 6.07) is 20.3. The Morgan fingerprint density at radius 2 is 1.75 bits per heavy atom. The second-order valence-corrected chi connectivity index (χ2v) is 11.6. The molecule has 1 atom stereocenters. The predicted molar refractivity (Wildman–Crippen MR) is 177 cm³/mol. The van der Waals surface area contributed by atoms with Gasteiger partial charge in [0.15, 0.2) is 5.78 Å². The van der Waals surface area contributed by atoms with Crippen molar-refractivity contribution in [3.8, 4) is 29.4 Å². The number of aromatic nitrogens is 2. The first-order valence-corrected chi connectivity index (χ1v) is 15.6. The average Bonchev–Trinajstić information content (AvgIpc) is 3.43. The number of halogens is 2. The van der Waals surface area contributed by atoms with Crippen molar-refractivity contribution in [3.05, 3.63) is 105 Å². The van der Waals surface area contributed by atoms with Gasteiger partial charge >= 0.3 is 0 Å². The number of carbonyl (C=O) groups excluding carboxylic acids is 2. The van der Waals surface area contributed by atoms with Crippen LogP contribution in [0.1, 0.15) is 79.3 Å². The SMILES string of the molecule is C#CCCCC(=O)N[C@@H](Cc1ccc(OCc2ccc(C(C)=O)cc2)cc1)c1nc(-c2ccc(Cl)cc2Cl)cn1CCCC. The van der Waals surface area contributed by atoms with Crippen LogP contribution in [-0.4, -0.2) is 21.2 Å². The molecule has 0 aliphatic heterocycles. The number of benzene rings is 3. The van der Waals surface area contributed by atoms with Gasteiger partial charge in [-0.2, -0.15) is 0 Å². The van der Waals surface area contributed by atoms with Gasteiger partial charge in [0.25, 0.3) is 0 Å². The van der Waals surface area contributed by atoms with Gasteiger partial charge in [0.05, 0.1) is 16.8 Å². The Morgan fingerprint density at radius 1 is 1.02 bits per heavy atom. The molecule has 4 aromatic rings. The molecule has 228 valence electrons. The highest BCUT2D eigenvalue weighted by molar-refractivity contribution is 6.36. The molecular weight excluding hydrogens is 593 g/mol. The van der Waals surface area contributed by atoms with Gasteiger partial charge in [0.1, 0.15) is 18.2 Å². The molecule has 44 heavy (non-hydrogen) atoms. The molecule has 0 aliphatic carbocycles. The number of ether oxygens (including phenoxy) is 1. The molecular formula is C36H37Cl2N3O3. The molecule has 1 amide bonds. The van der Waals surface area contributed by atoms with E-state index in [9.17, 15) is 9.59 Å². The van der Waals surface area contributed by atoms with Gasteiger partial charge in [0, 0.05) is 41.7 Å². The van der Waals surface area contributed by atoms with Crippen LogP contribution in [-0.2, 0) is 24.4 Å².